The zero-order chi connectivity index (χ0) is 24.7. The Bertz CT molecular complexity index is 974. The van der Waals surface area contributed by atoms with E-state index in [0.717, 1.165) is 22.3 Å². The van der Waals surface area contributed by atoms with E-state index in [9.17, 15) is 19.5 Å². The van der Waals surface area contributed by atoms with E-state index in [1.165, 1.54) is 0 Å². The third kappa shape index (κ3) is 6.37. The number of nitrogens with one attached hydrogen (secondary N) is 2. The molecule has 7 heteroatoms. The molecule has 0 saturated heterocycles. The minimum atomic E-state index is -1.05. The molecule has 0 fully saturated rings. The van der Waals surface area contributed by atoms with Gasteiger partial charge < -0.3 is 20.5 Å². The summed E-state index contributed by atoms with van der Waals surface area (Å²) < 4.78 is 5.56. The molecule has 0 saturated carbocycles. The Balaban J connectivity index is 1.54. The Morgan fingerprint density at radius 1 is 0.941 bits per heavy atom. The van der Waals surface area contributed by atoms with E-state index in [1.54, 1.807) is 0 Å². The molecule has 0 spiro atoms. The number of rotatable bonds is 11. The third-order valence-corrected chi connectivity index (χ3v) is 6.26. The first kappa shape index (κ1) is 25.3. The molecular weight excluding hydrogens is 432 g/mol. The van der Waals surface area contributed by atoms with Crippen molar-refractivity contribution in [2.75, 3.05) is 6.61 Å². The summed E-state index contributed by atoms with van der Waals surface area (Å²) >= 11 is 0. The van der Waals surface area contributed by atoms with Crippen molar-refractivity contribution in [2.24, 2.45) is 5.92 Å². The van der Waals surface area contributed by atoms with E-state index in [-0.39, 0.29) is 18.9 Å². The Morgan fingerprint density at radius 2 is 1.53 bits per heavy atom. The van der Waals surface area contributed by atoms with Gasteiger partial charge in [-0.15, -0.1) is 0 Å². The van der Waals surface area contributed by atoms with Crippen LogP contribution in [-0.2, 0) is 14.3 Å². The standard InChI is InChI=1S/C27H34N2O5/c1-4-18(15-25(30)29-24(26(31)32)14-13-17(2)3)28-27(33)34-16-23-21-11-7-5-9-19(21)20-10-6-8-12-22(20)23/h5-12,17-18,23-24H,4,13-16H2,1-3H3,(H,28,33)(H,29,30)(H,31,32)/t18-,24?/m0/s1. The van der Waals surface area contributed by atoms with E-state index in [4.69, 9.17) is 4.74 Å². The number of alkyl carbamates (subject to hydrolysis) is 1. The molecule has 3 rings (SSSR count). The highest BCUT2D eigenvalue weighted by Gasteiger charge is 2.29. The van der Waals surface area contributed by atoms with Crippen molar-refractivity contribution in [1.29, 1.82) is 0 Å². The van der Waals surface area contributed by atoms with Crippen LogP contribution in [0.2, 0.25) is 0 Å². The van der Waals surface area contributed by atoms with E-state index in [2.05, 4.69) is 34.9 Å². The van der Waals surface area contributed by atoms with Gasteiger partial charge in [-0.1, -0.05) is 69.3 Å². The second-order valence-corrected chi connectivity index (χ2v) is 9.21. The fraction of sp³-hybridized carbons (Fsp3) is 0.444. The number of carbonyl (C=O) groups excluding carboxylic acids is 2. The molecule has 3 N–H and O–H groups in total. The highest BCUT2D eigenvalue weighted by molar-refractivity contribution is 5.84. The number of aliphatic carboxylic acids is 1. The summed E-state index contributed by atoms with van der Waals surface area (Å²) in [6.45, 7) is 6.06. The Hall–Kier alpha value is -3.35. The molecule has 1 unspecified atom stereocenters. The molecule has 1 aliphatic rings. The van der Waals surface area contributed by atoms with E-state index >= 15 is 0 Å². The van der Waals surface area contributed by atoms with Crippen LogP contribution < -0.4 is 10.6 Å². The lowest BCUT2D eigenvalue weighted by molar-refractivity contribution is -0.142. The smallest absolute Gasteiger partial charge is 0.407 e. The van der Waals surface area contributed by atoms with Gasteiger partial charge in [0.2, 0.25) is 5.91 Å². The molecule has 0 radical (unpaired) electrons. The van der Waals surface area contributed by atoms with Crippen molar-refractivity contribution in [1.82, 2.24) is 10.6 Å². The van der Waals surface area contributed by atoms with Gasteiger partial charge in [0.25, 0.3) is 0 Å². The summed E-state index contributed by atoms with van der Waals surface area (Å²) in [4.78, 5) is 36.4. The monoisotopic (exact) mass is 466 g/mol. The lowest BCUT2D eigenvalue weighted by Gasteiger charge is -2.20. The average molecular weight is 467 g/mol. The summed E-state index contributed by atoms with van der Waals surface area (Å²) in [5.41, 5.74) is 4.56. The number of hydrogen-bond donors (Lipinski definition) is 3. The summed E-state index contributed by atoms with van der Waals surface area (Å²) in [6, 6.07) is 14.8. The van der Waals surface area contributed by atoms with Crippen molar-refractivity contribution in [3.8, 4) is 11.1 Å². The first-order chi connectivity index (χ1) is 16.3. The molecule has 1 aliphatic carbocycles. The maximum Gasteiger partial charge on any atom is 0.407 e. The van der Waals surface area contributed by atoms with Gasteiger partial charge in [0.15, 0.2) is 0 Å². The second kappa shape index (κ2) is 11.7. The molecule has 2 amide bonds. The molecular formula is C27H34N2O5. The fourth-order valence-corrected chi connectivity index (χ4v) is 4.34. The van der Waals surface area contributed by atoms with E-state index in [0.29, 0.717) is 25.2 Å². The van der Waals surface area contributed by atoms with E-state index < -0.39 is 30.1 Å². The minimum absolute atomic E-state index is 0.00778. The van der Waals surface area contributed by atoms with Gasteiger partial charge in [-0.2, -0.15) is 0 Å². The van der Waals surface area contributed by atoms with Crippen molar-refractivity contribution in [3.63, 3.8) is 0 Å². The van der Waals surface area contributed by atoms with Gasteiger partial charge in [0.1, 0.15) is 12.6 Å². The second-order valence-electron chi connectivity index (χ2n) is 9.21. The van der Waals surface area contributed by atoms with Crippen LogP contribution in [-0.4, -0.2) is 41.8 Å². The number of amides is 2. The first-order valence-corrected chi connectivity index (χ1v) is 11.9. The SMILES string of the molecule is CC[C@@H](CC(=O)NC(CCC(C)C)C(=O)O)NC(=O)OCC1c2ccccc2-c2ccccc21. The first-order valence-electron chi connectivity index (χ1n) is 11.9. The molecule has 2 aromatic rings. The van der Waals surface area contributed by atoms with Crippen LogP contribution in [0.4, 0.5) is 4.79 Å². The van der Waals surface area contributed by atoms with Crippen molar-refractivity contribution < 1.29 is 24.2 Å². The zero-order valence-electron chi connectivity index (χ0n) is 20.0. The van der Waals surface area contributed by atoms with Gasteiger partial charge in [0, 0.05) is 18.4 Å². The number of hydrogen-bond acceptors (Lipinski definition) is 4. The number of ether oxygens (including phenoxy) is 1. The summed E-state index contributed by atoms with van der Waals surface area (Å²) in [6.07, 6.45) is 0.992. The minimum Gasteiger partial charge on any atom is -0.480 e. The maximum atomic E-state index is 12.5. The Labute approximate surface area is 200 Å². The van der Waals surface area contributed by atoms with Crippen LogP contribution in [0.1, 0.15) is 63.5 Å². The highest BCUT2D eigenvalue weighted by Crippen LogP contribution is 2.44. The molecule has 0 heterocycles. The molecule has 0 aromatic heterocycles. The van der Waals surface area contributed by atoms with Crippen LogP contribution in [0.5, 0.6) is 0 Å². The Kier molecular flexibility index (Phi) is 8.68. The number of carboxylic acids is 1. The van der Waals surface area contributed by atoms with Crippen molar-refractivity contribution in [2.45, 2.75) is 64.5 Å². The van der Waals surface area contributed by atoms with Crippen LogP contribution >= 0.6 is 0 Å². The van der Waals surface area contributed by atoms with Crippen molar-refractivity contribution >= 4 is 18.0 Å². The van der Waals surface area contributed by atoms with Crippen LogP contribution in [0.15, 0.2) is 48.5 Å². The van der Waals surface area contributed by atoms with Crippen molar-refractivity contribution in [3.05, 3.63) is 59.7 Å². The van der Waals surface area contributed by atoms with E-state index in [1.807, 2.05) is 45.0 Å². The van der Waals surface area contributed by atoms with Crippen LogP contribution in [0.3, 0.4) is 0 Å². The lowest BCUT2D eigenvalue weighted by Crippen LogP contribution is -2.44. The van der Waals surface area contributed by atoms with Gasteiger partial charge in [0.05, 0.1) is 0 Å². The fourth-order valence-electron chi connectivity index (χ4n) is 4.34. The summed E-state index contributed by atoms with van der Waals surface area (Å²) in [5, 5.41) is 14.7. The molecule has 2 aromatic carbocycles. The summed E-state index contributed by atoms with van der Waals surface area (Å²) in [7, 11) is 0. The highest BCUT2D eigenvalue weighted by atomic mass is 16.5. The third-order valence-electron chi connectivity index (χ3n) is 6.26. The quantitative estimate of drug-likeness (QED) is 0.445. The number of fused-ring (bicyclic) bond motifs is 3. The number of benzene rings is 2. The molecule has 182 valence electrons. The predicted octanol–water partition coefficient (Wildman–Crippen LogP) is 4.70. The topological polar surface area (TPSA) is 105 Å². The van der Waals surface area contributed by atoms with Crippen LogP contribution in [0, 0.1) is 5.92 Å². The number of carboxylic acid groups (broad SMARTS) is 1. The number of carbonyl (C=O) groups is 3. The molecule has 0 bridgehead atoms. The van der Waals surface area contributed by atoms with Gasteiger partial charge in [-0.25, -0.2) is 9.59 Å². The Morgan fingerprint density at radius 3 is 2.06 bits per heavy atom. The van der Waals surface area contributed by atoms with Gasteiger partial charge in [-0.3, -0.25) is 4.79 Å². The molecule has 0 aliphatic heterocycles. The largest absolute Gasteiger partial charge is 0.480 e. The molecule has 7 nitrogen and oxygen atoms in total. The van der Waals surface area contributed by atoms with Gasteiger partial charge in [-0.05, 0) is 47.4 Å². The maximum absolute atomic E-state index is 12.5. The van der Waals surface area contributed by atoms with Crippen LogP contribution in [0.25, 0.3) is 11.1 Å². The lowest BCUT2D eigenvalue weighted by atomic mass is 9.98. The molecule has 34 heavy (non-hydrogen) atoms. The van der Waals surface area contributed by atoms with Gasteiger partial charge >= 0.3 is 12.1 Å². The normalized spacial score (nSPS) is 14.1. The average Bonchev–Trinajstić information content (AvgIpc) is 3.13. The predicted molar refractivity (Wildman–Crippen MR) is 131 cm³/mol. The molecule has 2 atom stereocenters. The summed E-state index contributed by atoms with van der Waals surface area (Å²) in [5.74, 6) is -1.15. The zero-order valence-corrected chi connectivity index (χ0v) is 20.0.